The van der Waals surface area contributed by atoms with Crippen LogP contribution in [0, 0.1) is 6.92 Å². The molecule has 2 aromatic rings. The Bertz CT molecular complexity index is 659. The van der Waals surface area contributed by atoms with E-state index in [1.165, 1.54) is 10.5 Å². The van der Waals surface area contributed by atoms with Gasteiger partial charge in [-0.15, -0.1) is 23.4 Å². The summed E-state index contributed by atoms with van der Waals surface area (Å²) >= 11 is 11.5. The van der Waals surface area contributed by atoms with Gasteiger partial charge in [-0.1, -0.05) is 34.1 Å². The van der Waals surface area contributed by atoms with E-state index in [0.29, 0.717) is 18.4 Å². The second kappa shape index (κ2) is 6.64. The number of alkyl halides is 1. The average molecular weight is 384 g/mol. The normalized spacial score (nSPS) is 16.8. The van der Waals surface area contributed by atoms with E-state index < -0.39 is 0 Å². The van der Waals surface area contributed by atoms with Crippen molar-refractivity contribution in [1.82, 2.24) is 0 Å². The molecule has 0 amide bonds. The van der Waals surface area contributed by atoms with Crippen LogP contribution < -0.4 is 4.74 Å². The third-order valence-corrected chi connectivity index (χ3v) is 5.69. The van der Waals surface area contributed by atoms with Crippen LogP contribution in [-0.2, 0) is 5.88 Å². The van der Waals surface area contributed by atoms with E-state index in [2.05, 4.69) is 53.2 Å². The van der Waals surface area contributed by atoms with Crippen molar-refractivity contribution >= 4 is 39.3 Å². The summed E-state index contributed by atoms with van der Waals surface area (Å²) in [6.07, 6.45) is 0. The standard InChI is InChI=1S/C17H16BrClOS/c1-11-6-14(18)7-12(8-19)17(11)20-9-13-10-21-16-5-3-2-4-15(13)16/h2-7,13H,8-10H2,1H3. The van der Waals surface area contributed by atoms with Crippen LogP contribution in [0.25, 0.3) is 0 Å². The first kappa shape index (κ1) is 15.3. The molecule has 3 rings (SSSR count). The lowest BCUT2D eigenvalue weighted by Gasteiger charge is -2.17. The molecule has 1 aliphatic heterocycles. The zero-order valence-electron chi connectivity index (χ0n) is 11.7. The van der Waals surface area contributed by atoms with Gasteiger partial charge in [-0.05, 0) is 36.2 Å². The Morgan fingerprint density at radius 1 is 1.33 bits per heavy atom. The first-order valence-corrected chi connectivity index (χ1v) is 9.20. The summed E-state index contributed by atoms with van der Waals surface area (Å²) in [6, 6.07) is 12.7. The molecule has 4 heteroatoms. The summed E-state index contributed by atoms with van der Waals surface area (Å²) < 4.78 is 7.18. The summed E-state index contributed by atoms with van der Waals surface area (Å²) in [4.78, 5) is 1.39. The number of hydrogen-bond donors (Lipinski definition) is 0. The van der Waals surface area contributed by atoms with Crippen molar-refractivity contribution in [2.45, 2.75) is 23.6 Å². The number of ether oxygens (including phenoxy) is 1. The summed E-state index contributed by atoms with van der Waals surface area (Å²) in [7, 11) is 0. The monoisotopic (exact) mass is 382 g/mol. The molecule has 0 bridgehead atoms. The fourth-order valence-corrected chi connectivity index (χ4v) is 4.71. The Morgan fingerprint density at radius 3 is 2.95 bits per heavy atom. The van der Waals surface area contributed by atoms with Crippen molar-refractivity contribution in [3.8, 4) is 5.75 Å². The molecular formula is C17H16BrClOS. The van der Waals surface area contributed by atoms with E-state index in [0.717, 1.165) is 27.1 Å². The molecule has 0 fully saturated rings. The van der Waals surface area contributed by atoms with E-state index in [1.54, 1.807) is 0 Å². The number of fused-ring (bicyclic) bond motifs is 1. The van der Waals surface area contributed by atoms with Crippen LogP contribution in [0.15, 0.2) is 45.8 Å². The van der Waals surface area contributed by atoms with Gasteiger partial charge in [0.15, 0.2) is 0 Å². The highest BCUT2D eigenvalue weighted by Crippen LogP contribution is 2.40. The quantitative estimate of drug-likeness (QED) is 0.620. The van der Waals surface area contributed by atoms with E-state index in [-0.39, 0.29) is 0 Å². The Morgan fingerprint density at radius 2 is 2.14 bits per heavy atom. The van der Waals surface area contributed by atoms with E-state index in [4.69, 9.17) is 16.3 Å². The molecule has 2 aromatic carbocycles. The summed E-state index contributed by atoms with van der Waals surface area (Å²) in [5, 5.41) is 0. The lowest BCUT2D eigenvalue weighted by molar-refractivity contribution is 0.294. The number of rotatable bonds is 4. The zero-order valence-corrected chi connectivity index (χ0v) is 14.9. The van der Waals surface area contributed by atoms with Crippen LogP contribution in [0.2, 0.25) is 0 Å². The summed E-state index contributed by atoms with van der Waals surface area (Å²) in [5.74, 6) is 2.94. The minimum absolute atomic E-state index is 0.456. The van der Waals surface area contributed by atoms with Gasteiger partial charge in [0.2, 0.25) is 0 Å². The van der Waals surface area contributed by atoms with Crippen LogP contribution in [0.3, 0.4) is 0 Å². The van der Waals surface area contributed by atoms with Gasteiger partial charge < -0.3 is 4.74 Å². The van der Waals surface area contributed by atoms with Crippen molar-refractivity contribution in [2.75, 3.05) is 12.4 Å². The third kappa shape index (κ3) is 3.25. The Hall–Kier alpha value is -0.640. The molecule has 0 aliphatic carbocycles. The van der Waals surface area contributed by atoms with Gasteiger partial charge in [-0.3, -0.25) is 0 Å². The largest absolute Gasteiger partial charge is 0.492 e. The summed E-state index contributed by atoms with van der Waals surface area (Å²) in [5.41, 5.74) is 3.58. The first-order valence-electron chi connectivity index (χ1n) is 6.88. The second-order valence-electron chi connectivity index (χ2n) is 5.20. The number of thioether (sulfide) groups is 1. The predicted molar refractivity (Wildman–Crippen MR) is 93.8 cm³/mol. The van der Waals surface area contributed by atoms with Gasteiger partial charge in [-0.2, -0.15) is 0 Å². The number of hydrogen-bond acceptors (Lipinski definition) is 2. The lowest BCUT2D eigenvalue weighted by atomic mass is 10.0. The minimum Gasteiger partial charge on any atom is -0.492 e. The number of halogens is 2. The molecule has 21 heavy (non-hydrogen) atoms. The molecule has 0 saturated carbocycles. The van der Waals surface area contributed by atoms with Gasteiger partial charge in [0.05, 0.1) is 12.5 Å². The van der Waals surface area contributed by atoms with Crippen LogP contribution in [0.4, 0.5) is 0 Å². The Balaban J connectivity index is 1.78. The van der Waals surface area contributed by atoms with Crippen molar-refractivity contribution < 1.29 is 4.74 Å². The SMILES string of the molecule is Cc1cc(Br)cc(CCl)c1OCC1CSc2ccccc21. The van der Waals surface area contributed by atoms with Gasteiger partial charge in [0.25, 0.3) is 0 Å². The van der Waals surface area contributed by atoms with Crippen molar-refractivity contribution in [3.05, 3.63) is 57.6 Å². The molecule has 0 spiro atoms. The van der Waals surface area contributed by atoms with Crippen molar-refractivity contribution in [1.29, 1.82) is 0 Å². The van der Waals surface area contributed by atoms with E-state index in [1.807, 2.05) is 17.8 Å². The lowest BCUT2D eigenvalue weighted by Crippen LogP contribution is -2.11. The third-order valence-electron chi connectivity index (χ3n) is 3.69. The molecule has 1 heterocycles. The molecule has 1 unspecified atom stereocenters. The highest BCUT2D eigenvalue weighted by molar-refractivity contribution is 9.10. The fourth-order valence-electron chi connectivity index (χ4n) is 2.66. The molecule has 110 valence electrons. The number of benzene rings is 2. The van der Waals surface area contributed by atoms with Crippen LogP contribution >= 0.6 is 39.3 Å². The van der Waals surface area contributed by atoms with Crippen LogP contribution in [0.5, 0.6) is 5.75 Å². The van der Waals surface area contributed by atoms with Crippen molar-refractivity contribution in [2.24, 2.45) is 0 Å². The fraction of sp³-hybridized carbons (Fsp3) is 0.294. The highest BCUT2D eigenvalue weighted by atomic mass is 79.9. The average Bonchev–Trinajstić information content (AvgIpc) is 2.89. The van der Waals surface area contributed by atoms with Crippen molar-refractivity contribution in [3.63, 3.8) is 0 Å². The Labute approximate surface area is 143 Å². The van der Waals surface area contributed by atoms with Crippen LogP contribution in [-0.4, -0.2) is 12.4 Å². The smallest absolute Gasteiger partial charge is 0.126 e. The molecule has 0 N–H and O–H groups in total. The first-order chi connectivity index (χ1) is 10.2. The molecule has 0 radical (unpaired) electrons. The second-order valence-corrected chi connectivity index (χ2v) is 7.45. The predicted octanol–water partition coefficient (Wildman–Crippen LogP) is 5.76. The molecule has 0 aromatic heterocycles. The Kier molecular flexibility index (Phi) is 4.82. The maximum absolute atomic E-state index is 6.14. The van der Waals surface area contributed by atoms with Gasteiger partial charge >= 0.3 is 0 Å². The zero-order chi connectivity index (χ0) is 14.8. The maximum atomic E-state index is 6.14. The van der Waals surface area contributed by atoms with Crippen LogP contribution in [0.1, 0.15) is 22.6 Å². The van der Waals surface area contributed by atoms with Gasteiger partial charge in [-0.25, -0.2) is 0 Å². The minimum atomic E-state index is 0.456. The molecule has 1 nitrogen and oxygen atoms in total. The molecule has 0 saturated heterocycles. The molecule has 1 atom stereocenters. The highest BCUT2D eigenvalue weighted by Gasteiger charge is 2.23. The summed E-state index contributed by atoms with van der Waals surface area (Å²) in [6.45, 7) is 2.77. The van der Waals surface area contributed by atoms with Gasteiger partial charge in [0.1, 0.15) is 5.75 Å². The van der Waals surface area contributed by atoms with Gasteiger partial charge in [0, 0.05) is 26.6 Å². The van der Waals surface area contributed by atoms with E-state index >= 15 is 0 Å². The molecule has 1 aliphatic rings. The maximum Gasteiger partial charge on any atom is 0.126 e. The topological polar surface area (TPSA) is 9.23 Å². The molecular weight excluding hydrogens is 368 g/mol. The number of aryl methyl sites for hydroxylation is 1. The van der Waals surface area contributed by atoms with E-state index in [9.17, 15) is 0 Å².